The molecule has 0 aliphatic carbocycles. The van der Waals surface area contributed by atoms with Gasteiger partial charge in [-0.25, -0.2) is 4.79 Å². The molecule has 1 N–H and O–H groups in total. The lowest BCUT2D eigenvalue weighted by Gasteiger charge is -2.22. The number of hydrogen-bond donors (Lipinski definition) is 1. The molecule has 0 atom stereocenters. The number of amides is 2. The highest BCUT2D eigenvalue weighted by atomic mass is 16.5. The molecule has 0 spiro atoms. The fraction of sp³-hybridized carbons (Fsp3) is 0.588. The van der Waals surface area contributed by atoms with Crippen molar-refractivity contribution in [2.45, 2.75) is 39.5 Å². The van der Waals surface area contributed by atoms with Crippen molar-refractivity contribution in [2.24, 2.45) is 0 Å². The molecule has 1 aromatic rings. The van der Waals surface area contributed by atoms with Gasteiger partial charge in [-0.15, -0.1) is 0 Å². The smallest absolute Gasteiger partial charge is 0.317 e. The fourth-order valence-corrected chi connectivity index (χ4v) is 2.26. The standard InChI is InChI=1S/C17H28N2O2/c1-4-6-14-19(13-5-2)17(20)18-12-11-15-9-7-8-10-16(15)21-3/h7-10H,4-6,11-14H2,1-3H3,(H,18,20). The van der Waals surface area contributed by atoms with E-state index >= 15 is 0 Å². The van der Waals surface area contributed by atoms with E-state index in [0.29, 0.717) is 6.54 Å². The average Bonchev–Trinajstić information content (AvgIpc) is 2.51. The number of rotatable bonds is 9. The molecule has 0 saturated heterocycles. The summed E-state index contributed by atoms with van der Waals surface area (Å²) in [5.74, 6) is 0.878. The summed E-state index contributed by atoms with van der Waals surface area (Å²) in [6.45, 7) is 6.53. The van der Waals surface area contributed by atoms with Crippen molar-refractivity contribution >= 4 is 6.03 Å². The first kappa shape index (κ1) is 17.3. The summed E-state index contributed by atoms with van der Waals surface area (Å²) in [5.41, 5.74) is 1.12. The number of nitrogens with zero attached hydrogens (tertiary/aromatic N) is 1. The van der Waals surface area contributed by atoms with Crippen LogP contribution in [0.25, 0.3) is 0 Å². The minimum Gasteiger partial charge on any atom is -0.496 e. The molecule has 1 rings (SSSR count). The van der Waals surface area contributed by atoms with Crippen LogP contribution < -0.4 is 10.1 Å². The minimum atomic E-state index is 0.0418. The zero-order valence-corrected chi connectivity index (χ0v) is 13.5. The second kappa shape index (κ2) is 10.1. The lowest BCUT2D eigenvalue weighted by molar-refractivity contribution is 0.197. The van der Waals surface area contributed by atoms with Crippen molar-refractivity contribution in [3.8, 4) is 5.75 Å². The van der Waals surface area contributed by atoms with Crippen LogP contribution in [-0.4, -0.2) is 37.7 Å². The lowest BCUT2D eigenvalue weighted by Crippen LogP contribution is -2.41. The van der Waals surface area contributed by atoms with Crippen LogP contribution in [0.4, 0.5) is 4.79 Å². The molecule has 2 amide bonds. The van der Waals surface area contributed by atoms with E-state index < -0.39 is 0 Å². The molecule has 0 fully saturated rings. The molecule has 1 aromatic carbocycles. The number of hydrogen-bond acceptors (Lipinski definition) is 2. The number of ether oxygens (including phenoxy) is 1. The highest BCUT2D eigenvalue weighted by Gasteiger charge is 2.11. The summed E-state index contributed by atoms with van der Waals surface area (Å²) in [5, 5.41) is 3.01. The Bertz CT molecular complexity index is 421. The minimum absolute atomic E-state index is 0.0418. The number of carbonyl (C=O) groups is 1. The van der Waals surface area contributed by atoms with Crippen LogP contribution in [0.15, 0.2) is 24.3 Å². The SMILES string of the molecule is CCCCN(CCC)C(=O)NCCc1ccccc1OC. The molecular weight excluding hydrogens is 264 g/mol. The largest absolute Gasteiger partial charge is 0.496 e. The predicted molar refractivity (Wildman–Crippen MR) is 86.9 cm³/mol. The average molecular weight is 292 g/mol. The summed E-state index contributed by atoms with van der Waals surface area (Å²) in [6, 6.07) is 7.97. The number of methoxy groups -OCH3 is 1. The van der Waals surface area contributed by atoms with Crippen LogP contribution in [-0.2, 0) is 6.42 Å². The lowest BCUT2D eigenvalue weighted by atomic mass is 10.1. The normalized spacial score (nSPS) is 10.2. The van der Waals surface area contributed by atoms with Gasteiger partial charge in [0.1, 0.15) is 5.75 Å². The molecule has 0 aromatic heterocycles. The van der Waals surface area contributed by atoms with Crippen molar-refractivity contribution < 1.29 is 9.53 Å². The van der Waals surface area contributed by atoms with Gasteiger partial charge >= 0.3 is 6.03 Å². The maximum atomic E-state index is 12.2. The van der Waals surface area contributed by atoms with E-state index in [2.05, 4.69) is 19.2 Å². The van der Waals surface area contributed by atoms with Crippen LogP contribution >= 0.6 is 0 Å². The van der Waals surface area contributed by atoms with Crippen LogP contribution in [0.3, 0.4) is 0 Å². The van der Waals surface area contributed by atoms with E-state index in [-0.39, 0.29) is 6.03 Å². The maximum absolute atomic E-state index is 12.2. The second-order valence-electron chi connectivity index (χ2n) is 5.13. The molecular formula is C17H28N2O2. The van der Waals surface area contributed by atoms with Crippen molar-refractivity contribution in [1.29, 1.82) is 0 Å². The molecule has 0 bridgehead atoms. The fourth-order valence-electron chi connectivity index (χ4n) is 2.26. The Hall–Kier alpha value is -1.71. The topological polar surface area (TPSA) is 41.6 Å². The molecule has 4 nitrogen and oxygen atoms in total. The van der Waals surface area contributed by atoms with Gasteiger partial charge in [-0.2, -0.15) is 0 Å². The molecule has 118 valence electrons. The van der Waals surface area contributed by atoms with E-state index in [0.717, 1.165) is 50.1 Å². The van der Waals surface area contributed by atoms with Gasteiger partial charge in [0.2, 0.25) is 0 Å². The molecule has 0 radical (unpaired) electrons. The third-order valence-electron chi connectivity index (χ3n) is 3.43. The van der Waals surface area contributed by atoms with Crippen LogP contribution in [0, 0.1) is 0 Å². The zero-order valence-electron chi connectivity index (χ0n) is 13.5. The van der Waals surface area contributed by atoms with Gasteiger partial charge in [-0.05, 0) is 30.9 Å². The van der Waals surface area contributed by atoms with E-state index in [1.165, 1.54) is 0 Å². The maximum Gasteiger partial charge on any atom is 0.317 e. The van der Waals surface area contributed by atoms with E-state index in [1.807, 2.05) is 29.2 Å². The molecule has 0 saturated carbocycles. The molecule has 0 aliphatic heterocycles. The van der Waals surface area contributed by atoms with E-state index in [1.54, 1.807) is 7.11 Å². The first-order valence-corrected chi connectivity index (χ1v) is 7.87. The Labute approximate surface area is 128 Å². The van der Waals surface area contributed by atoms with Crippen molar-refractivity contribution in [3.05, 3.63) is 29.8 Å². The number of unbranched alkanes of at least 4 members (excludes halogenated alkanes) is 1. The molecule has 0 aliphatic rings. The number of benzene rings is 1. The van der Waals surface area contributed by atoms with Gasteiger partial charge in [-0.3, -0.25) is 0 Å². The van der Waals surface area contributed by atoms with Crippen molar-refractivity contribution in [2.75, 3.05) is 26.7 Å². The van der Waals surface area contributed by atoms with Crippen LogP contribution in [0.2, 0.25) is 0 Å². The number of para-hydroxylation sites is 1. The number of carbonyl (C=O) groups excluding carboxylic acids is 1. The van der Waals surface area contributed by atoms with Crippen LogP contribution in [0.5, 0.6) is 5.75 Å². The first-order valence-electron chi connectivity index (χ1n) is 7.87. The van der Waals surface area contributed by atoms with Gasteiger partial charge in [0, 0.05) is 19.6 Å². The second-order valence-corrected chi connectivity index (χ2v) is 5.13. The van der Waals surface area contributed by atoms with Crippen LogP contribution in [0.1, 0.15) is 38.7 Å². The Morgan fingerprint density at radius 1 is 1.19 bits per heavy atom. The van der Waals surface area contributed by atoms with Gasteiger partial charge in [0.05, 0.1) is 7.11 Å². The van der Waals surface area contributed by atoms with Gasteiger partial charge in [0.25, 0.3) is 0 Å². The highest BCUT2D eigenvalue weighted by Crippen LogP contribution is 2.17. The Morgan fingerprint density at radius 2 is 1.95 bits per heavy atom. The van der Waals surface area contributed by atoms with E-state index in [9.17, 15) is 4.79 Å². The Balaban J connectivity index is 2.43. The third kappa shape index (κ3) is 6.06. The molecule has 4 heteroatoms. The summed E-state index contributed by atoms with van der Waals surface area (Å²) < 4.78 is 5.32. The predicted octanol–water partition coefficient (Wildman–Crippen LogP) is 3.46. The van der Waals surface area contributed by atoms with Gasteiger partial charge in [0.15, 0.2) is 0 Å². The van der Waals surface area contributed by atoms with E-state index in [4.69, 9.17) is 4.74 Å². The Kier molecular flexibility index (Phi) is 8.32. The Morgan fingerprint density at radius 3 is 2.62 bits per heavy atom. The highest BCUT2D eigenvalue weighted by molar-refractivity contribution is 5.74. The quantitative estimate of drug-likeness (QED) is 0.757. The third-order valence-corrected chi connectivity index (χ3v) is 3.43. The summed E-state index contributed by atoms with van der Waals surface area (Å²) >= 11 is 0. The molecule has 21 heavy (non-hydrogen) atoms. The zero-order chi connectivity index (χ0) is 15.5. The summed E-state index contributed by atoms with van der Waals surface area (Å²) in [4.78, 5) is 14.1. The number of urea groups is 1. The molecule has 0 unspecified atom stereocenters. The van der Waals surface area contributed by atoms with Crippen molar-refractivity contribution in [1.82, 2.24) is 10.2 Å². The van der Waals surface area contributed by atoms with Gasteiger partial charge < -0.3 is 15.0 Å². The first-order chi connectivity index (χ1) is 10.2. The summed E-state index contributed by atoms with van der Waals surface area (Å²) in [6.07, 6.45) is 3.93. The summed E-state index contributed by atoms with van der Waals surface area (Å²) in [7, 11) is 1.67. The monoisotopic (exact) mass is 292 g/mol. The number of nitrogens with one attached hydrogen (secondary N) is 1. The van der Waals surface area contributed by atoms with Crippen molar-refractivity contribution in [3.63, 3.8) is 0 Å². The van der Waals surface area contributed by atoms with Gasteiger partial charge in [-0.1, -0.05) is 38.5 Å². The molecule has 0 heterocycles.